The molecule has 0 spiro atoms. The van der Waals surface area contributed by atoms with Crippen molar-refractivity contribution in [2.45, 2.75) is 19.4 Å². The summed E-state index contributed by atoms with van der Waals surface area (Å²) in [6.07, 6.45) is 3.27. The monoisotopic (exact) mass is 231 g/mol. The summed E-state index contributed by atoms with van der Waals surface area (Å²) in [5.74, 6) is 0.974. The Balaban J connectivity index is 1.86. The van der Waals surface area contributed by atoms with Gasteiger partial charge in [0.15, 0.2) is 0 Å². The molecule has 1 fully saturated rings. The molecule has 1 aliphatic rings. The van der Waals surface area contributed by atoms with Crippen LogP contribution < -0.4 is 4.74 Å². The topological polar surface area (TPSA) is 41.1 Å². The first-order valence-corrected chi connectivity index (χ1v) is 6.01. The predicted octanol–water partition coefficient (Wildman–Crippen LogP) is 1.95. The molecular weight excluding hydrogens is 214 g/mol. The van der Waals surface area contributed by atoms with Crippen LogP contribution in [0.15, 0.2) is 18.3 Å². The standard InChI is InChI=1S/C13H17N3O/c1-9-5-10-7-14-15-12(10)6-13(9)17-11-3-4-16(2)8-11/h5-7,11H,3-4,8H2,1-2H3,(H,14,15). The van der Waals surface area contributed by atoms with Crippen LogP contribution in [0, 0.1) is 6.92 Å². The second-order valence-electron chi connectivity index (χ2n) is 4.87. The lowest BCUT2D eigenvalue weighted by molar-refractivity contribution is 0.207. The van der Waals surface area contributed by atoms with Crippen molar-refractivity contribution in [3.05, 3.63) is 23.9 Å². The van der Waals surface area contributed by atoms with E-state index in [4.69, 9.17) is 4.74 Å². The van der Waals surface area contributed by atoms with Crippen LogP contribution in [0.2, 0.25) is 0 Å². The fourth-order valence-corrected chi connectivity index (χ4v) is 2.38. The molecule has 4 nitrogen and oxygen atoms in total. The summed E-state index contributed by atoms with van der Waals surface area (Å²) < 4.78 is 6.06. The third-order valence-electron chi connectivity index (χ3n) is 3.38. The van der Waals surface area contributed by atoms with Gasteiger partial charge in [-0.2, -0.15) is 5.10 Å². The Morgan fingerprint density at radius 3 is 3.12 bits per heavy atom. The van der Waals surface area contributed by atoms with Crippen LogP contribution in [0.1, 0.15) is 12.0 Å². The Hall–Kier alpha value is -1.55. The molecule has 0 aliphatic carbocycles. The van der Waals surface area contributed by atoms with E-state index in [1.165, 1.54) is 5.56 Å². The van der Waals surface area contributed by atoms with Crippen LogP contribution >= 0.6 is 0 Å². The molecule has 17 heavy (non-hydrogen) atoms. The number of likely N-dealkylation sites (tertiary alicyclic amines) is 1. The first kappa shape index (κ1) is 10.6. The van der Waals surface area contributed by atoms with Crippen LogP contribution in [-0.4, -0.2) is 41.3 Å². The van der Waals surface area contributed by atoms with Crippen molar-refractivity contribution in [3.63, 3.8) is 0 Å². The third-order valence-corrected chi connectivity index (χ3v) is 3.38. The minimum atomic E-state index is 0.319. The van der Waals surface area contributed by atoms with Gasteiger partial charge in [0.2, 0.25) is 0 Å². The average molecular weight is 231 g/mol. The second kappa shape index (κ2) is 4.04. The molecule has 1 aromatic carbocycles. The molecule has 0 saturated carbocycles. The SMILES string of the molecule is Cc1cc2cn[nH]c2cc1OC1CCN(C)C1. The van der Waals surface area contributed by atoms with Crippen LogP contribution in [0.25, 0.3) is 10.9 Å². The number of hydrogen-bond donors (Lipinski definition) is 1. The van der Waals surface area contributed by atoms with Gasteiger partial charge in [0.25, 0.3) is 0 Å². The predicted molar refractivity (Wildman–Crippen MR) is 67.4 cm³/mol. The zero-order valence-corrected chi connectivity index (χ0v) is 10.2. The first-order valence-electron chi connectivity index (χ1n) is 6.01. The van der Waals surface area contributed by atoms with Crippen LogP contribution in [0.3, 0.4) is 0 Å². The van der Waals surface area contributed by atoms with E-state index < -0.39 is 0 Å². The highest BCUT2D eigenvalue weighted by Gasteiger charge is 2.21. The number of fused-ring (bicyclic) bond motifs is 1. The van der Waals surface area contributed by atoms with Gasteiger partial charge in [0.05, 0.1) is 11.7 Å². The quantitative estimate of drug-likeness (QED) is 0.859. The highest BCUT2D eigenvalue weighted by molar-refractivity contribution is 5.80. The van der Waals surface area contributed by atoms with Crippen LogP contribution in [0.5, 0.6) is 5.75 Å². The van der Waals surface area contributed by atoms with E-state index in [-0.39, 0.29) is 0 Å². The minimum Gasteiger partial charge on any atom is -0.489 e. The molecule has 1 saturated heterocycles. The fraction of sp³-hybridized carbons (Fsp3) is 0.462. The number of nitrogens with one attached hydrogen (secondary N) is 1. The van der Waals surface area contributed by atoms with E-state index in [0.29, 0.717) is 6.10 Å². The molecule has 3 rings (SSSR count). The number of benzene rings is 1. The van der Waals surface area contributed by atoms with E-state index >= 15 is 0 Å². The lowest BCUT2D eigenvalue weighted by Crippen LogP contribution is -2.21. The van der Waals surface area contributed by atoms with Gasteiger partial charge in [-0.05, 0) is 32.0 Å². The van der Waals surface area contributed by atoms with Crippen LogP contribution in [0.4, 0.5) is 0 Å². The molecule has 1 unspecified atom stereocenters. The van der Waals surface area contributed by atoms with Gasteiger partial charge in [-0.15, -0.1) is 0 Å². The molecule has 1 N–H and O–H groups in total. The molecule has 1 atom stereocenters. The smallest absolute Gasteiger partial charge is 0.124 e. The molecule has 2 aromatic rings. The van der Waals surface area contributed by atoms with Crippen molar-refractivity contribution in [1.29, 1.82) is 0 Å². The summed E-state index contributed by atoms with van der Waals surface area (Å²) in [4.78, 5) is 2.30. The molecule has 0 radical (unpaired) electrons. The average Bonchev–Trinajstić information content (AvgIpc) is 2.88. The highest BCUT2D eigenvalue weighted by Crippen LogP contribution is 2.26. The zero-order chi connectivity index (χ0) is 11.8. The van der Waals surface area contributed by atoms with Crippen molar-refractivity contribution in [2.24, 2.45) is 0 Å². The summed E-state index contributed by atoms with van der Waals surface area (Å²) in [7, 11) is 2.13. The Morgan fingerprint density at radius 1 is 1.47 bits per heavy atom. The Kier molecular flexibility index (Phi) is 2.52. The van der Waals surface area contributed by atoms with Crippen molar-refractivity contribution in [2.75, 3.05) is 20.1 Å². The molecule has 2 heterocycles. The number of rotatable bonds is 2. The van der Waals surface area contributed by atoms with E-state index in [1.54, 1.807) is 0 Å². The van der Waals surface area contributed by atoms with Crippen molar-refractivity contribution in [1.82, 2.24) is 15.1 Å². The van der Waals surface area contributed by atoms with Gasteiger partial charge in [-0.1, -0.05) is 0 Å². The minimum absolute atomic E-state index is 0.319. The maximum Gasteiger partial charge on any atom is 0.124 e. The summed E-state index contributed by atoms with van der Waals surface area (Å²) in [5.41, 5.74) is 2.21. The molecule has 1 aromatic heterocycles. The van der Waals surface area contributed by atoms with Crippen molar-refractivity contribution < 1.29 is 4.74 Å². The summed E-state index contributed by atoms with van der Waals surface area (Å²) >= 11 is 0. The summed E-state index contributed by atoms with van der Waals surface area (Å²) in [5, 5.41) is 8.16. The van der Waals surface area contributed by atoms with Gasteiger partial charge >= 0.3 is 0 Å². The van der Waals surface area contributed by atoms with Crippen molar-refractivity contribution in [3.8, 4) is 5.75 Å². The molecular formula is C13H17N3O. The van der Waals surface area contributed by atoms with E-state index in [9.17, 15) is 0 Å². The number of aryl methyl sites for hydroxylation is 1. The maximum atomic E-state index is 6.06. The second-order valence-corrected chi connectivity index (χ2v) is 4.87. The van der Waals surface area contributed by atoms with E-state index in [0.717, 1.165) is 36.2 Å². The fourth-order valence-electron chi connectivity index (χ4n) is 2.38. The van der Waals surface area contributed by atoms with Gasteiger partial charge in [-0.3, -0.25) is 5.10 Å². The lowest BCUT2D eigenvalue weighted by atomic mass is 10.1. The number of H-pyrrole nitrogens is 1. The first-order chi connectivity index (χ1) is 8.22. The summed E-state index contributed by atoms with van der Waals surface area (Å²) in [6.45, 7) is 4.22. The Bertz CT molecular complexity index is 534. The van der Waals surface area contributed by atoms with E-state index in [2.05, 4.69) is 41.2 Å². The van der Waals surface area contributed by atoms with Gasteiger partial charge in [0.1, 0.15) is 11.9 Å². The normalized spacial score (nSPS) is 21.2. The van der Waals surface area contributed by atoms with Crippen molar-refractivity contribution >= 4 is 10.9 Å². The number of aromatic nitrogens is 2. The number of likely N-dealkylation sites (N-methyl/N-ethyl adjacent to an activating group) is 1. The Labute approximate surface area is 101 Å². The van der Waals surface area contributed by atoms with Gasteiger partial charge in [-0.25, -0.2) is 0 Å². The highest BCUT2D eigenvalue weighted by atomic mass is 16.5. The lowest BCUT2D eigenvalue weighted by Gasteiger charge is -2.15. The molecule has 90 valence electrons. The van der Waals surface area contributed by atoms with Gasteiger partial charge in [0, 0.05) is 24.5 Å². The molecule has 0 bridgehead atoms. The van der Waals surface area contributed by atoms with Gasteiger partial charge < -0.3 is 9.64 Å². The third kappa shape index (κ3) is 2.00. The van der Waals surface area contributed by atoms with Crippen LogP contribution in [-0.2, 0) is 0 Å². The molecule has 4 heteroatoms. The molecule has 0 amide bonds. The maximum absolute atomic E-state index is 6.06. The Morgan fingerprint density at radius 2 is 2.35 bits per heavy atom. The zero-order valence-electron chi connectivity index (χ0n) is 10.2. The number of ether oxygens (including phenoxy) is 1. The number of nitrogens with zero attached hydrogens (tertiary/aromatic N) is 2. The number of hydrogen-bond acceptors (Lipinski definition) is 3. The number of aromatic amines is 1. The molecule has 1 aliphatic heterocycles. The van der Waals surface area contributed by atoms with E-state index in [1.807, 2.05) is 6.20 Å². The summed E-state index contributed by atoms with van der Waals surface area (Å²) in [6, 6.07) is 4.17. The largest absolute Gasteiger partial charge is 0.489 e.